The van der Waals surface area contributed by atoms with E-state index in [0.29, 0.717) is 0 Å². The lowest BCUT2D eigenvalue weighted by atomic mass is 9.95. The van der Waals surface area contributed by atoms with Crippen molar-refractivity contribution in [2.24, 2.45) is 5.92 Å². The topological polar surface area (TPSA) is 55.1 Å². The molecule has 0 aliphatic rings. The fourth-order valence-electron chi connectivity index (χ4n) is 2.33. The number of carbonyl (C=O) groups excluding carboxylic acids is 1. The Balaban J connectivity index is 2.97. The Hall–Kier alpha value is -1.72. The molecule has 0 radical (unpaired) electrons. The molecule has 0 aliphatic carbocycles. The monoisotopic (exact) mass is 302 g/mol. The van der Waals surface area contributed by atoms with Crippen LogP contribution >= 0.6 is 0 Å². The number of amides is 1. The summed E-state index contributed by atoms with van der Waals surface area (Å²) in [5, 5.41) is 2.73. The van der Waals surface area contributed by atoms with E-state index in [-0.39, 0.29) is 23.2 Å². The number of hydrogen-bond acceptors (Lipinski definition) is 2. The van der Waals surface area contributed by atoms with E-state index in [1.54, 1.807) is 0 Å². The third-order valence-corrected chi connectivity index (χ3v) is 3.74. The molecule has 6 heteroatoms. The summed E-state index contributed by atoms with van der Waals surface area (Å²) in [7, 11) is 0. The maximum atomic E-state index is 12.7. The number of halogens is 3. The molecule has 118 valence electrons. The number of alkyl halides is 3. The Morgan fingerprint density at radius 2 is 1.86 bits per heavy atom. The molecular weight excluding hydrogens is 281 g/mol. The first-order valence-electron chi connectivity index (χ1n) is 6.98. The summed E-state index contributed by atoms with van der Waals surface area (Å²) >= 11 is 0. The molecule has 0 bridgehead atoms. The van der Waals surface area contributed by atoms with Gasteiger partial charge in [0.15, 0.2) is 0 Å². The summed E-state index contributed by atoms with van der Waals surface area (Å²) in [6.45, 7) is 5.87. The van der Waals surface area contributed by atoms with Gasteiger partial charge in [0.1, 0.15) is 0 Å². The number of rotatable bonds is 5. The van der Waals surface area contributed by atoms with Crippen molar-refractivity contribution in [2.75, 3.05) is 5.73 Å². The fraction of sp³-hybridized carbons (Fsp3) is 0.533. The van der Waals surface area contributed by atoms with Crippen LogP contribution in [0.25, 0.3) is 0 Å². The van der Waals surface area contributed by atoms with Gasteiger partial charge in [-0.1, -0.05) is 26.7 Å². The van der Waals surface area contributed by atoms with Crippen LogP contribution in [0.5, 0.6) is 0 Å². The molecule has 1 atom stereocenters. The zero-order chi connectivity index (χ0) is 16.2. The minimum Gasteiger partial charge on any atom is -0.398 e. The van der Waals surface area contributed by atoms with Gasteiger partial charge in [0, 0.05) is 11.7 Å². The van der Waals surface area contributed by atoms with Gasteiger partial charge >= 0.3 is 6.18 Å². The van der Waals surface area contributed by atoms with Gasteiger partial charge < -0.3 is 11.1 Å². The van der Waals surface area contributed by atoms with Crippen LogP contribution in [-0.4, -0.2) is 11.9 Å². The van der Waals surface area contributed by atoms with E-state index in [1.165, 1.54) is 0 Å². The molecule has 3 nitrogen and oxygen atoms in total. The predicted octanol–water partition coefficient (Wildman–Crippen LogP) is 3.84. The van der Waals surface area contributed by atoms with E-state index in [2.05, 4.69) is 5.32 Å². The fourth-order valence-corrected chi connectivity index (χ4v) is 2.33. The second kappa shape index (κ2) is 6.83. The van der Waals surface area contributed by atoms with Crippen LogP contribution in [0, 0.1) is 5.92 Å². The van der Waals surface area contributed by atoms with Crippen LogP contribution < -0.4 is 11.1 Å². The summed E-state index contributed by atoms with van der Waals surface area (Å²) in [5.41, 5.74) is 4.65. The van der Waals surface area contributed by atoms with Crippen molar-refractivity contribution in [1.29, 1.82) is 0 Å². The third kappa shape index (κ3) is 4.37. The summed E-state index contributed by atoms with van der Waals surface area (Å²) in [6, 6.07) is 2.65. The lowest BCUT2D eigenvalue weighted by Gasteiger charge is -2.23. The molecule has 1 amide bonds. The van der Waals surface area contributed by atoms with E-state index < -0.39 is 17.6 Å². The molecular formula is C15H21F3N2O. The second-order valence-electron chi connectivity index (χ2n) is 5.14. The number of nitrogens with one attached hydrogen (secondary N) is 1. The number of benzene rings is 1. The van der Waals surface area contributed by atoms with Crippen molar-refractivity contribution in [1.82, 2.24) is 5.32 Å². The summed E-state index contributed by atoms with van der Waals surface area (Å²) in [6.07, 6.45) is -2.73. The molecule has 3 N–H and O–H groups in total. The maximum absolute atomic E-state index is 12.7. The first-order chi connectivity index (χ1) is 9.70. The SMILES string of the molecule is CCC(CC)C(C)NC(=O)c1cc(C(F)(F)F)ccc1N. The Kier molecular flexibility index (Phi) is 5.63. The molecule has 0 aliphatic heterocycles. The quantitative estimate of drug-likeness (QED) is 0.812. The molecule has 0 saturated heterocycles. The van der Waals surface area contributed by atoms with E-state index in [4.69, 9.17) is 5.73 Å². The first kappa shape index (κ1) is 17.3. The van der Waals surface area contributed by atoms with Crippen molar-refractivity contribution in [3.05, 3.63) is 29.3 Å². The molecule has 1 aromatic carbocycles. The van der Waals surface area contributed by atoms with Crippen LogP contribution in [0.3, 0.4) is 0 Å². The number of carbonyl (C=O) groups is 1. The van der Waals surface area contributed by atoms with Crippen LogP contribution in [0.15, 0.2) is 18.2 Å². The number of anilines is 1. The summed E-state index contributed by atoms with van der Waals surface area (Å²) in [5.74, 6) is -0.293. The largest absolute Gasteiger partial charge is 0.416 e. The normalized spacial score (nSPS) is 13.3. The van der Waals surface area contributed by atoms with Gasteiger partial charge in [-0.15, -0.1) is 0 Å². The van der Waals surface area contributed by atoms with E-state index in [1.807, 2.05) is 20.8 Å². The molecule has 1 unspecified atom stereocenters. The van der Waals surface area contributed by atoms with Crippen molar-refractivity contribution in [3.63, 3.8) is 0 Å². The highest BCUT2D eigenvalue weighted by Gasteiger charge is 2.31. The Bertz CT molecular complexity index is 496. The zero-order valence-corrected chi connectivity index (χ0v) is 12.4. The zero-order valence-electron chi connectivity index (χ0n) is 12.4. The molecule has 1 aromatic rings. The second-order valence-corrected chi connectivity index (χ2v) is 5.14. The molecule has 1 rings (SSSR count). The van der Waals surface area contributed by atoms with Gasteiger partial charge in [-0.3, -0.25) is 4.79 Å². The van der Waals surface area contributed by atoms with E-state index in [0.717, 1.165) is 31.0 Å². The Labute approximate surface area is 122 Å². The minimum absolute atomic E-state index is 0.0391. The highest BCUT2D eigenvalue weighted by atomic mass is 19.4. The predicted molar refractivity (Wildman–Crippen MR) is 76.9 cm³/mol. The molecule has 21 heavy (non-hydrogen) atoms. The van der Waals surface area contributed by atoms with Crippen molar-refractivity contribution in [2.45, 2.75) is 45.8 Å². The first-order valence-corrected chi connectivity index (χ1v) is 6.98. The van der Waals surface area contributed by atoms with Gasteiger partial charge in [-0.2, -0.15) is 13.2 Å². The molecule has 0 fully saturated rings. The highest BCUT2D eigenvalue weighted by molar-refractivity contribution is 5.99. The van der Waals surface area contributed by atoms with Gasteiger partial charge in [-0.05, 0) is 31.0 Å². The van der Waals surface area contributed by atoms with Gasteiger partial charge in [0.05, 0.1) is 11.1 Å². The summed E-state index contributed by atoms with van der Waals surface area (Å²) in [4.78, 5) is 12.1. The average molecular weight is 302 g/mol. The van der Waals surface area contributed by atoms with Crippen molar-refractivity contribution in [3.8, 4) is 0 Å². The number of nitrogens with two attached hydrogens (primary N) is 1. The Morgan fingerprint density at radius 1 is 1.29 bits per heavy atom. The lowest BCUT2D eigenvalue weighted by molar-refractivity contribution is -0.137. The van der Waals surface area contributed by atoms with Gasteiger partial charge in [-0.25, -0.2) is 0 Å². The standard InChI is InChI=1S/C15H21F3N2O/c1-4-10(5-2)9(3)20-14(21)12-8-11(15(16,17)18)6-7-13(12)19/h6-10H,4-5,19H2,1-3H3,(H,20,21). The molecule has 0 spiro atoms. The smallest absolute Gasteiger partial charge is 0.398 e. The van der Waals surface area contributed by atoms with Crippen LogP contribution in [0.4, 0.5) is 18.9 Å². The number of nitrogen functional groups attached to an aromatic ring is 1. The molecule has 0 heterocycles. The summed E-state index contributed by atoms with van der Waals surface area (Å²) < 4.78 is 38.1. The maximum Gasteiger partial charge on any atom is 0.416 e. The van der Waals surface area contributed by atoms with Crippen LogP contribution in [0.1, 0.15) is 49.5 Å². The van der Waals surface area contributed by atoms with Gasteiger partial charge in [0.2, 0.25) is 0 Å². The third-order valence-electron chi connectivity index (χ3n) is 3.74. The molecule has 0 saturated carbocycles. The van der Waals surface area contributed by atoms with Crippen molar-refractivity contribution >= 4 is 11.6 Å². The Morgan fingerprint density at radius 3 is 2.33 bits per heavy atom. The minimum atomic E-state index is -4.50. The highest BCUT2D eigenvalue weighted by Crippen LogP contribution is 2.31. The van der Waals surface area contributed by atoms with Gasteiger partial charge in [0.25, 0.3) is 5.91 Å². The average Bonchev–Trinajstić information content (AvgIpc) is 2.39. The van der Waals surface area contributed by atoms with Crippen LogP contribution in [-0.2, 0) is 6.18 Å². The molecule has 0 aromatic heterocycles. The van der Waals surface area contributed by atoms with Crippen molar-refractivity contribution < 1.29 is 18.0 Å². The van der Waals surface area contributed by atoms with Crippen LogP contribution in [0.2, 0.25) is 0 Å². The van der Waals surface area contributed by atoms with E-state index in [9.17, 15) is 18.0 Å². The van der Waals surface area contributed by atoms with E-state index >= 15 is 0 Å². The number of hydrogen-bond donors (Lipinski definition) is 2. The lowest BCUT2D eigenvalue weighted by Crippen LogP contribution is -2.38.